The molecule has 0 aliphatic carbocycles. The fourth-order valence-corrected chi connectivity index (χ4v) is 7.08. The predicted octanol–water partition coefficient (Wildman–Crippen LogP) is 13.0. The van der Waals surface area contributed by atoms with Crippen molar-refractivity contribution in [1.29, 1.82) is 0 Å². The summed E-state index contributed by atoms with van der Waals surface area (Å²) in [5.74, 6) is 1.92. The van der Waals surface area contributed by atoms with Crippen LogP contribution in [0, 0.1) is 0 Å². The van der Waals surface area contributed by atoms with E-state index >= 15 is 0 Å². The SMILES string of the molecule is CCCCCc1cccc(N(C2=CC=CN(N(c3cccc(CCCCC)c3)c3cccc(CCCCC)n3)C2)c2cccc(CCCCC)n2)c1. The van der Waals surface area contributed by atoms with Gasteiger partial charge in [0.05, 0.1) is 12.2 Å². The van der Waals surface area contributed by atoms with Gasteiger partial charge in [-0.1, -0.05) is 115 Å². The first-order valence-electron chi connectivity index (χ1n) is 20.5. The van der Waals surface area contributed by atoms with Gasteiger partial charge in [0.2, 0.25) is 0 Å². The topological polar surface area (TPSA) is 35.5 Å². The number of aromatic nitrogens is 2. The van der Waals surface area contributed by atoms with Crippen LogP contribution in [0.15, 0.2) is 109 Å². The molecule has 0 N–H and O–H groups in total. The van der Waals surface area contributed by atoms with E-state index in [0.717, 1.165) is 72.9 Å². The lowest BCUT2D eigenvalue weighted by Gasteiger charge is -2.39. The van der Waals surface area contributed by atoms with E-state index < -0.39 is 0 Å². The molecule has 276 valence electrons. The molecule has 52 heavy (non-hydrogen) atoms. The number of hydrogen-bond donors (Lipinski definition) is 0. The van der Waals surface area contributed by atoms with E-state index in [1.54, 1.807) is 0 Å². The molecule has 0 spiro atoms. The van der Waals surface area contributed by atoms with Crippen LogP contribution in [0.5, 0.6) is 0 Å². The minimum absolute atomic E-state index is 0.667. The van der Waals surface area contributed by atoms with Gasteiger partial charge in [-0.2, -0.15) is 0 Å². The maximum absolute atomic E-state index is 5.30. The molecule has 0 bridgehead atoms. The standard InChI is InChI=1S/C47H63N5/c1-5-9-13-22-39-24-17-30-43(36-39)51(46-33-19-28-41(48-46)26-15-11-7-3)45-32-21-35-50(38-45)52(44-31-18-25-40(37-44)23-14-10-6-2)47-34-20-29-42(49-47)27-16-12-8-4/h17-21,24-25,28-37H,5-16,22-23,26-27,38H2,1-4H3. The number of rotatable bonds is 22. The molecule has 0 fully saturated rings. The van der Waals surface area contributed by atoms with Crippen LogP contribution >= 0.6 is 0 Å². The van der Waals surface area contributed by atoms with Crippen molar-refractivity contribution in [3.8, 4) is 0 Å². The number of allylic oxidation sites excluding steroid dienone is 2. The number of anilines is 4. The Kier molecular flexibility index (Phi) is 15.8. The summed E-state index contributed by atoms with van der Waals surface area (Å²) in [7, 11) is 0. The van der Waals surface area contributed by atoms with Gasteiger partial charge in [-0.05, 0) is 123 Å². The zero-order chi connectivity index (χ0) is 36.4. The van der Waals surface area contributed by atoms with Gasteiger partial charge in [0, 0.05) is 29.0 Å². The molecular weight excluding hydrogens is 635 g/mol. The van der Waals surface area contributed by atoms with E-state index in [4.69, 9.17) is 9.97 Å². The van der Waals surface area contributed by atoms with Crippen molar-refractivity contribution < 1.29 is 0 Å². The molecule has 4 aromatic rings. The number of benzene rings is 2. The molecule has 0 radical (unpaired) electrons. The second-order valence-corrected chi connectivity index (χ2v) is 14.4. The average molecular weight is 698 g/mol. The maximum atomic E-state index is 5.30. The van der Waals surface area contributed by atoms with Gasteiger partial charge in [0.1, 0.15) is 5.82 Å². The average Bonchev–Trinajstić information content (AvgIpc) is 3.17. The number of pyridine rings is 2. The molecule has 1 aliphatic heterocycles. The Morgan fingerprint density at radius 3 is 1.63 bits per heavy atom. The van der Waals surface area contributed by atoms with Crippen LogP contribution in [0.25, 0.3) is 0 Å². The number of hydrazine groups is 1. The lowest BCUT2D eigenvalue weighted by molar-refractivity contribution is 0.404. The van der Waals surface area contributed by atoms with Crippen molar-refractivity contribution in [1.82, 2.24) is 15.0 Å². The summed E-state index contributed by atoms with van der Waals surface area (Å²) < 4.78 is 0. The molecule has 1 aliphatic rings. The summed E-state index contributed by atoms with van der Waals surface area (Å²) in [5, 5.41) is 4.66. The molecule has 5 nitrogen and oxygen atoms in total. The van der Waals surface area contributed by atoms with Crippen LogP contribution in [0.1, 0.15) is 127 Å². The Balaban J connectivity index is 1.53. The van der Waals surface area contributed by atoms with E-state index in [9.17, 15) is 0 Å². The first-order valence-corrected chi connectivity index (χ1v) is 20.5. The molecule has 2 aromatic heterocycles. The van der Waals surface area contributed by atoms with Crippen molar-refractivity contribution in [2.24, 2.45) is 0 Å². The molecule has 0 amide bonds. The summed E-state index contributed by atoms with van der Waals surface area (Å²) >= 11 is 0. The minimum Gasteiger partial charge on any atom is -0.297 e. The summed E-state index contributed by atoms with van der Waals surface area (Å²) in [6, 6.07) is 31.3. The van der Waals surface area contributed by atoms with Gasteiger partial charge in [-0.15, -0.1) is 0 Å². The molecule has 3 heterocycles. The highest BCUT2D eigenvalue weighted by Crippen LogP contribution is 2.35. The van der Waals surface area contributed by atoms with Crippen LogP contribution in [0.2, 0.25) is 0 Å². The fourth-order valence-electron chi connectivity index (χ4n) is 7.08. The fraction of sp³-hybridized carbons (Fsp3) is 0.447. The Hall–Kier alpha value is -4.38. The second-order valence-electron chi connectivity index (χ2n) is 14.4. The van der Waals surface area contributed by atoms with E-state index in [2.05, 4.69) is 146 Å². The highest BCUT2D eigenvalue weighted by molar-refractivity contribution is 5.68. The van der Waals surface area contributed by atoms with Crippen LogP contribution in [0.3, 0.4) is 0 Å². The van der Waals surface area contributed by atoms with Gasteiger partial charge in [0.25, 0.3) is 0 Å². The maximum Gasteiger partial charge on any atom is 0.152 e. The molecule has 0 atom stereocenters. The highest BCUT2D eigenvalue weighted by atomic mass is 15.6. The molecule has 0 saturated heterocycles. The van der Waals surface area contributed by atoms with Crippen LogP contribution in [0.4, 0.5) is 23.0 Å². The monoisotopic (exact) mass is 698 g/mol. The van der Waals surface area contributed by atoms with Gasteiger partial charge >= 0.3 is 0 Å². The molecule has 0 saturated carbocycles. The number of aryl methyl sites for hydroxylation is 4. The van der Waals surface area contributed by atoms with Crippen molar-refractivity contribution in [2.75, 3.05) is 16.5 Å². The molecule has 2 aromatic carbocycles. The molecule has 5 heteroatoms. The Morgan fingerprint density at radius 2 is 1.04 bits per heavy atom. The van der Waals surface area contributed by atoms with Gasteiger partial charge in [0.15, 0.2) is 5.82 Å². The number of unbranched alkanes of at least 4 members (excludes halogenated alkanes) is 8. The predicted molar refractivity (Wildman–Crippen MR) is 222 cm³/mol. The molecule has 5 rings (SSSR count). The highest BCUT2D eigenvalue weighted by Gasteiger charge is 2.25. The minimum atomic E-state index is 0.667. The smallest absolute Gasteiger partial charge is 0.152 e. The third-order valence-electron chi connectivity index (χ3n) is 9.98. The zero-order valence-electron chi connectivity index (χ0n) is 32.6. The normalized spacial score (nSPS) is 12.6. The zero-order valence-corrected chi connectivity index (χ0v) is 32.6. The third kappa shape index (κ3) is 11.3. The van der Waals surface area contributed by atoms with Crippen molar-refractivity contribution in [2.45, 2.75) is 130 Å². The van der Waals surface area contributed by atoms with Gasteiger partial charge in [-0.25, -0.2) is 15.0 Å². The Labute approximate surface area is 315 Å². The number of nitrogens with zero attached hydrogens (tertiary/aromatic N) is 5. The first kappa shape index (κ1) is 38.8. The first-order chi connectivity index (χ1) is 25.6. The number of hydrogen-bond acceptors (Lipinski definition) is 5. The second kappa shape index (κ2) is 21.2. The van der Waals surface area contributed by atoms with E-state index in [1.165, 1.54) is 81.0 Å². The third-order valence-corrected chi connectivity index (χ3v) is 9.98. The van der Waals surface area contributed by atoms with Crippen molar-refractivity contribution in [3.63, 3.8) is 0 Å². The van der Waals surface area contributed by atoms with Crippen LogP contribution < -0.4 is 9.91 Å². The lowest BCUT2D eigenvalue weighted by atomic mass is 10.1. The van der Waals surface area contributed by atoms with Crippen molar-refractivity contribution >= 4 is 23.0 Å². The van der Waals surface area contributed by atoms with E-state index in [-0.39, 0.29) is 0 Å². The molecular formula is C47H63N5. The summed E-state index contributed by atoms with van der Waals surface area (Å²) in [6.07, 6.45) is 25.4. The summed E-state index contributed by atoms with van der Waals surface area (Å²) in [6.45, 7) is 9.74. The lowest BCUT2D eigenvalue weighted by Crippen LogP contribution is -2.41. The Bertz CT molecular complexity index is 1600. The molecule has 0 unspecified atom stereocenters. The van der Waals surface area contributed by atoms with Crippen molar-refractivity contribution in [3.05, 3.63) is 131 Å². The van der Waals surface area contributed by atoms with Crippen LogP contribution in [-0.2, 0) is 25.7 Å². The van der Waals surface area contributed by atoms with Gasteiger partial charge < -0.3 is 0 Å². The van der Waals surface area contributed by atoms with E-state index in [1.807, 2.05) is 0 Å². The summed E-state index contributed by atoms with van der Waals surface area (Å²) in [5.41, 5.74) is 8.53. The summed E-state index contributed by atoms with van der Waals surface area (Å²) in [4.78, 5) is 13.0. The van der Waals surface area contributed by atoms with Gasteiger partial charge in [-0.3, -0.25) is 9.91 Å². The largest absolute Gasteiger partial charge is 0.297 e. The quantitative estimate of drug-likeness (QED) is 0.0764. The van der Waals surface area contributed by atoms with Crippen LogP contribution in [-0.4, -0.2) is 21.5 Å². The van der Waals surface area contributed by atoms with E-state index in [0.29, 0.717) is 6.54 Å². The Morgan fingerprint density at radius 1 is 0.538 bits per heavy atom.